The Bertz CT molecular complexity index is 629. The third-order valence-electron chi connectivity index (χ3n) is 3.83. The molecule has 0 saturated carbocycles. The smallest absolute Gasteiger partial charge is 0.170 e. The minimum Gasteiger partial charge on any atom is -0.293 e. The molecule has 1 aromatic heterocycles. The van der Waals surface area contributed by atoms with Gasteiger partial charge in [0.1, 0.15) is 0 Å². The Morgan fingerprint density at radius 3 is 3.05 bits per heavy atom. The van der Waals surface area contributed by atoms with Crippen LogP contribution < -0.4 is 0 Å². The van der Waals surface area contributed by atoms with Crippen LogP contribution in [0.5, 0.6) is 0 Å². The largest absolute Gasteiger partial charge is 0.293 e. The second-order valence-electron chi connectivity index (χ2n) is 5.07. The van der Waals surface area contributed by atoms with E-state index in [2.05, 4.69) is 11.4 Å². The highest BCUT2D eigenvalue weighted by Crippen LogP contribution is 2.37. The molecule has 0 fully saturated rings. The van der Waals surface area contributed by atoms with E-state index >= 15 is 0 Å². The predicted octanol–water partition coefficient (Wildman–Crippen LogP) is 5.01. The molecule has 0 saturated heterocycles. The van der Waals surface area contributed by atoms with Crippen molar-refractivity contribution in [1.82, 2.24) is 0 Å². The third kappa shape index (κ3) is 2.35. The highest BCUT2D eigenvalue weighted by Gasteiger charge is 2.28. The van der Waals surface area contributed by atoms with E-state index in [9.17, 15) is 4.79 Å². The van der Waals surface area contributed by atoms with Gasteiger partial charge >= 0.3 is 0 Å². The van der Waals surface area contributed by atoms with E-state index in [4.69, 9.17) is 11.6 Å². The summed E-state index contributed by atoms with van der Waals surface area (Å²) in [7, 11) is 0. The quantitative estimate of drug-likeness (QED) is 0.710. The van der Waals surface area contributed by atoms with E-state index < -0.39 is 0 Å². The fraction of sp³-hybridized carbons (Fsp3) is 0.312. The molecule has 1 heterocycles. The predicted molar refractivity (Wildman–Crippen MR) is 80.5 cm³/mol. The maximum absolute atomic E-state index is 12.8. The van der Waals surface area contributed by atoms with Crippen LogP contribution in [0.1, 0.15) is 45.1 Å². The van der Waals surface area contributed by atoms with E-state index in [1.807, 2.05) is 19.1 Å². The van der Waals surface area contributed by atoms with Gasteiger partial charge in [0.25, 0.3) is 0 Å². The summed E-state index contributed by atoms with van der Waals surface area (Å²) < 4.78 is 0. The van der Waals surface area contributed by atoms with Crippen molar-refractivity contribution in [3.05, 3.63) is 56.2 Å². The first-order chi connectivity index (χ1) is 9.16. The van der Waals surface area contributed by atoms with Crippen molar-refractivity contribution in [2.45, 2.75) is 32.1 Å². The number of hydrogen-bond acceptors (Lipinski definition) is 2. The number of thiophene rings is 1. The Morgan fingerprint density at radius 2 is 2.21 bits per heavy atom. The van der Waals surface area contributed by atoms with E-state index in [1.54, 1.807) is 17.4 Å². The number of Topliss-reactive ketones (excluding diaryl/α,β-unsaturated/α-hetero) is 1. The van der Waals surface area contributed by atoms with Crippen molar-refractivity contribution < 1.29 is 4.79 Å². The lowest BCUT2D eigenvalue weighted by molar-refractivity contribution is 0.0951. The molecule has 1 aliphatic carbocycles. The zero-order chi connectivity index (χ0) is 13.4. The molecule has 3 rings (SSSR count). The van der Waals surface area contributed by atoms with E-state index in [0.717, 1.165) is 30.4 Å². The lowest BCUT2D eigenvalue weighted by Crippen LogP contribution is -2.18. The Balaban J connectivity index is 2.00. The molecule has 1 aromatic carbocycles. The van der Waals surface area contributed by atoms with Crippen LogP contribution in [0.2, 0.25) is 5.02 Å². The number of fused-ring (bicyclic) bond motifs is 1. The van der Waals surface area contributed by atoms with Crippen LogP contribution in [0.4, 0.5) is 0 Å². The van der Waals surface area contributed by atoms with Gasteiger partial charge in [-0.25, -0.2) is 0 Å². The Labute approximate surface area is 122 Å². The van der Waals surface area contributed by atoms with Crippen LogP contribution in [-0.2, 0) is 6.42 Å². The molecule has 0 N–H and O–H groups in total. The molecule has 1 aliphatic rings. The summed E-state index contributed by atoms with van der Waals surface area (Å²) in [4.78, 5) is 14.2. The molecular formula is C16H15ClOS. The number of hydrogen-bond donors (Lipinski definition) is 0. The van der Waals surface area contributed by atoms with Crippen LogP contribution >= 0.6 is 22.9 Å². The van der Waals surface area contributed by atoms with E-state index in [0.29, 0.717) is 5.02 Å². The van der Waals surface area contributed by atoms with Crippen molar-refractivity contribution in [2.24, 2.45) is 0 Å². The van der Waals surface area contributed by atoms with Gasteiger partial charge in [0.2, 0.25) is 0 Å². The number of halogens is 1. The standard InChI is InChI=1S/C16H15ClOS/c1-10-5-6-11(17)9-14(10)16(18)13-3-2-4-15-12(13)7-8-19-15/h5-9,13H,2-4H2,1H3. The molecule has 0 bridgehead atoms. The van der Waals surface area contributed by atoms with Crippen molar-refractivity contribution >= 4 is 28.7 Å². The SMILES string of the molecule is Cc1ccc(Cl)cc1C(=O)C1CCCc2sccc21. The van der Waals surface area contributed by atoms with Crippen LogP contribution in [0.25, 0.3) is 0 Å². The first-order valence-corrected chi connectivity index (χ1v) is 7.79. The Morgan fingerprint density at radius 1 is 1.37 bits per heavy atom. The normalized spacial score (nSPS) is 18.1. The average Bonchev–Trinajstić information content (AvgIpc) is 2.89. The first kappa shape index (κ1) is 12.9. The van der Waals surface area contributed by atoms with Gasteiger partial charge in [-0.1, -0.05) is 17.7 Å². The fourth-order valence-corrected chi connectivity index (χ4v) is 3.97. The Kier molecular flexibility index (Phi) is 3.46. The van der Waals surface area contributed by atoms with Crippen LogP contribution in [0.3, 0.4) is 0 Å². The van der Waals surface area contributed by atoms with Crippen LogP contribution in [-0.4, -0.2) is 5.78 Å². The van der Waals surface area contributed by atoms with Gasteiger partial charge in [-0.05, 0) is 60.9 Å². The van der Waals surface area contributed by atoms with E-state index in [-0.39, 0.29) is 11.7 Å². The molecule has 19 heavy (non-hydrogen) atoms. The highest BCUT2D eigenvalue weighted by molar-refractivity contribution is 7.10. The minimum atomic E-state index is 0.0205. The van der Waals surface area contributed by atoms with Crippen molar-refractivity contribution in [3.63, 3.8) is 0 Å². The second kappa shape index (κ2) is 5.10. The fourth-order valence-electron chi connectivity index (χ4n) is 2.81. The molecule has 0 aliphatic heterocycles. The maximum atomic E-state index is 12.8. The van der Waals surface area contributed by atoms with Gasteiger partial charge in [0.15, 0.2) is 5.78 Å². The average molecular weight is 291 g/mol. The van der Waals surface area contributed by atoms with Gasteiger partial charge < -0.3 is 0 Å². The lowest BCUT2D eigenvalue weighted by Gasteiger charge is -2.22. The van der Waals surface area contributed by atoms with Gasteiger partial charge in [-0.3, -0.25) is 4.79 Å². The number of carbonyl (C=O) groups excluding carboxylic acids is 1. The molecule has 0 radical (unpaired) electrons. The van der Waals surface area contributed by atoms with Crippen molar-refractivity contribution in [3.8, 4) is 0 Å². The molecule has 0 amide bonds. The summed E-state index contributed by atoms with van der Waals surface area (Å²) in [5.74, 6) is 0.242. The zero-order valence-electron chi connectivity index (χ0n) is 10.8. The number of ketones is 1. The van der Waals surface area contributed by atoms with Crippen LogP contribution in [0, 0.1) is 6.92 Å². The summed E-state index contributed by atoms with van der Waals surface area (Å²) in [5.41, 5.74) is 3.02. The Hall–Kier alpha value is -1.12. The molecule has 98 valence electrons. The topological polar surface area (TPSA) is 17.1 Å². The summed E-state index contributed by atoms with van der Waals surface area (Å²) >= 11 is 7.80. The number of benzene rings is 1. The van der Waals surface area contributed by atoms with Gasteiger partial charge in [-0.15, -0.1) is 11.3 Å². The van der Waals surface area contributed by atoms with Gasteiger partial charge in [0.05, 0.1) is 0 Å². The van der Waals surface area contributed by atoms with Gasteiger partial charge in [0, 0.05) is 21.4 Å². The van der Waals surface area contributed by atoms with Crippen LogP contribution in [0.15, 0.2) is 29.6 Å². The molecule has 3 heteroatoms. The third-order valence-corrected chi connectivity index (χ3v) is 5.07. The zero-order valence-corrected chi connectivity index (χ0v) is 12.4. The summed E-state index contributed by atoms with van der Waals surface area (Å²) in [6.07, 6.45) is 3.17. The monoisotopic (exact) mass is 290 g/mol. The molecule has 2 aromatic rings. The number of carbonyl (C=O) groups is 1. The van der Waals surface area contributed by atoms with E-state index in [1.165, 1.54) is 10.4 Å². The van der Waals surface area contributed by atoms with Crippen molar-refractivity contribution in [1.29, 1.82) is 0 Å². The number of rotatable bonds is 2. The van der Waals surface area contributed by atoms with Gasteiger partial charge in [-0.2, -0.15) is 0 Å². The number of aryl methyl sites for hydroxylation is 2. The lowest BCUT2D eigenvalue weighted by atomic mass is 9.81. The summed E-state index contributed by atoms with van der Waals surface area (Å²) in [6, 6.07) is 7.68. The summed E-state index contributed by atoms with van der Waals surface area (Å²) in [6.45, 7) is 1.97. The highest BCUT2D eigenvalue weighted by atomic mass is 35.5. The summed E-state index contributed by atoms with van der Waals surface area (Å²) in [5, 5.41) is 2.73. The minimum absolute atomic E-state index is 0.0205. The van der Waals surface area contributed by atoms with Crippen molar-refractivity contribution in [2.75, 3.05) is 0 Å². The maximum Gasteiger partial charge on any atom is 0.170 e. The molecule has 1 nitrogen and oxygen atoms in total. The molecule has 1 unspecified atom stereocenters. The molecule has 0 spiro atoms. The molecule has 1 atom stereocenters. The second-order valence-corrected chi connectivity index (χ2v) is 6.50. The molecular weight excluding hydrogens is 276 g/mol. The first-order valence-electron chi connectivity index (χ1n) is 6.53.